The van der Waals surface area contributed by atoms with Crippen molar-refractivity contribution >= 4 is 17.3 Å². The highest BCUT2D eigenvalue weighted by Crippen LogP contribution is 2.28. The molecule has 3 N–H and O–H groups in total. The van der Waals surface area contributed by atoms with Gasteiger partial charge < -0.3 is 15.8 Å². The Balaban J connectivity index is 2.78. The normalized spacial score (nSPS) is 11.3. The van der Waals surface area contributed by atoms with E-state index in [-0.39, 0.29) is 5.54 Å². The van der Waals surface area contributed by atoms with Gasteiger partial charge in [0.1, 0.15) is 5.75 Å². The summed E-state index contributed by atoms with van der Waals surface area (Å²) in [6.07, 6.45) is 0.899. The summed E-state index contributed by atoms with van der Waals surface area (Å²) in [5.74, 6) is 0.684. The average Bonchev–Trinajstić information content (AvgIpc) is 2.17. The number of nitrogens with one attached hydrogen (secondary N) is 1. The van der Waals surface area contributed by atoms with Gasteiger partial charge in [-0.2, -0.15) is 0 Å². The minimum absolute atomic E-state index is 0.0351. The van der Waals surface area contributed by atoms with Gasteiger partial charge in [-0.25, -0.2) is 0 Å². The minimum atomic E-state index is -0.0351. The van der Waals surface area contributed by atoms with E-state index in [0.717, 1.165) is 12.1 Å². The van der Waals surface area contributed by atoms with Gasteiger partial charge in [-0.05, 0) is 45.0 Å². The number of methoxy groups -OCH3 is 1. The van der Waals surface area contributed by atoms with E-state index in [1.165, 1.54) is 0 Å². The maximum Gasteiger partial charge on any atom is 0.137 e. The molecule has 0 fully saturated rings. The molecule has 0 amide bonds. The largest absolute Gasteiger partial charge is 0.495 e. The Morgan fingerprint density at radius 3 is 2.62 bits per heavy atom. The van der Waals surface area contributed by atoms with Gasteiger partial charge in [0.25, 0.3) is 0 Å². The maximum absolute atomic E-state index is 6.05. The van der Waals surface area contributed by atoms with Gasteiger partial charge in [-0.3, -0.25) is 0 Å². The average molecular weight is 243 g/mol. The van der Waals surface area contributed by atoms with E-state index in [2.05, 4.69) is 19.2 Å². The van der Waals surface area contributed by atoms with Gasteiger partial charge in [0.2, 0.25) is 0 Å². The minimum Gasteiger partial charge on any atom is -0.495 e. The van der Waals surface area contributed by atoms with Crippen LogP contribution in [0.4, 0.5) is 5.69 Å². The van der Waals surface area contributed by atoms with Crippen LogP contribution in [0.5, 0.6) is 5.75 Å². The van der Waals surface area contributed by atoms with Crippen molar-refractivity contribution in [2.24, 2.45) is 5.73 Å². The lowest BCUT2D eigenvalue weighted by Gasteiger charge is -2.27. The smallest absolute Gasteiger partial charge is 0.137 e. The third-order valence-corrected chi connectivity index (χ3v) is 2.70. The first kappa shape index (κ1) is 13.1. The molecule has 0 aliphatic carbocycles. The van der Waals surface area contributed by atoms with Crippen LogP contribution in [0.2, 0.25) is 5.02 Å². The molecule has 0 atom stereocenters. The molecule has 0 unspecified atom stereocenters. The predicted molar refractivity (Wildman–Crippen MR) is 69.4 cm³/mol. The first-order valence-electron chi connectivity index (χ1n) is 5.30. The van der Waals surface area contributed by atoms with Gasteiger partial charge in [-0.1, -0.05) is 11.6 Å². The summed E-state index contributed by atoms with van der Waals surface area (Å²) in [5, 5.41) is 4.00. The molecule has 1 aromatic carbocycles. The van der Waals surface area contributed by atoms with Crippen molar-refractivity contribution in [3.63, 3.8) is 0 Å². The zero-order valence-electron chi connectivity index (χ0n) is 10.0. The number of halogens is 1. The van der Waals surface area contributed by atoms with E-state index < -0.39 is 0 Å². The third kappa shape index (κ3) is 3.58. The van der Waals surface area contributed by atoms with Crippen LogP contribution in [0, 0.1) is 0 Å². The molecular weight excluding hydrogens is 224 g/mol. The Morgan fingerprint density at radius 2 is 2.12 bits per heavy atom. The first-order valence-corrected chi connectivity index (χ1v) is 5.68. The molecule has 0 heterocycles. The van der Waals surface area contributed by atoms with Crippen LogP contribution in [0.3, 0.4) is 0 Å². The molecule has 0 saturated carbocycles. The van der Waals surface area contributed by atoms with Gasteiger partial charge in [0.05, 0.1) is 12.1 Å². The molecule has 0 saturated heterocycles. The van der Waals surface area contributed by atoms with Crippen molar-refractivity contribution in [2.45, 2.75) is 25.8 Å². The monoisotopic (exact) mass is 242 g/mol. The number of hydrogen-bond donors (Lipinski definition) is 2. The molecule has 1 rings (SSSR count). The Kier molecular flexibility index (Phi) is 4.44. The number of benzene rings is 1. The predicted octanol–water partition coefficient (Wildman–Crippen LogP) is 2.89. The molecule has 0 aliphatic rings. The summed E-state index contributed by atoms with van der Waals surface area (Å²) in [5.41, 5.74) is 6.50. The summed E-state index contributed by atoms with van der Waals surface area (Å²) in [4.78, 5) is 0. The number of hydrogen-bond acceptors (Lipinski definition) is 3. The van der Waals surface area contributed by atoms with Crippen LogP contribution < -0.4 is 15.8 Å². The van der Waals surface area contributed by atoms with Crippen LogP contribution in [0.25, 0.3) is 0 Å². The van der Waals surface area contributed by atoms with Gasteiger partial charge in [0.15, 0.2) is 0 Å². The van der Waals surface area contributed by atoms with Crippen molar-refractivity contribution < 1.29 is 4.74 Å². The van der Waals surface area contributed by atoms with Crippen molar-refractivity contribution in [1.29, 1.82) is 0 Å². The quantitative estimate of drug-likeness (QED) is 0.835. The SMILES string of the molecule is COc1ccc(NC(C)(C)CCN)cc1Cl. The van der Waals surface area contributed by atoms with E-state index in [0.29, 0.717) is 17.3 Å². The molecule has 0 bridgehead atoms. The molecule has 0 radical (unpaired) electrons. The Bertz CT molecular complexity index is 353. The summed E-state index contributed by atoms with van der Waals surface area (Å²) < 4.78 is 5.10. The maximum atomic E-state index is 6.05. The zero-order valence-corrected chi connectivity index (χ0v) is 10.8. The number of ether oxygens (including phenoxy) is 1. The Labute approximate surface area is 102 Å². The molecular formula is C12H19ClN2O. The fourth-order valence-corrected chi connectivity index (χ4v) is 1.82. The van der Waals surface area contributed by atoms with E-state index in [1.54, 1.807) is 7.11 Å². The lowest BCUT2D eigenvalue weighted by Crippen LogP contribution is -2.33. The topological polar surface area (TPSA) is 47.3 Å². The van der Waals surface area contributed by atoms with E-state index in [9.17, 15) is 0 Å². The Hall–Kier alpha value is -0.930. The highest BCUT2D eigenvalue weighted by molar-refractivity contribution is 6.32. The highest BCUT2D eigenvalue weighted by Gasteiger charge is 2.16. The van der Waals surface area contributed by atoms with Gasteiger partial charge >= 0.3 is 0 Å². The van der Waals surface area contributed by atoms with Crippen molar-refractivity contribution in [3.8, 4) is 5.75 Å². The van der Waals surface area contributed by atoms with Crippen molar-refractivity contribution in [1.82, 2.24) is 0 Å². The summed E-state index contributed by atoms with van der Waals surface area (Å²) in [6.45, 7) is 4.87. The van der Waals surface area contributed by atoms with E-state index in [1.807, 2.05) is 18.2 Å². The number of anilines is 1. The fraction of sp³-hybridized carbons (Fsp3) is 0.500. The molecule has 0 aliphatic heterocycles. The second-order valence-electron chi connectivity index (χ2n) is 4.40. The van der Waals surface area contributed by atoms with Crippen LogP contribution in [0.1, 0.15) is 20.3 Å². The molecule has 0 spiro atoms. The molecule has 90 valence electrons. The second-order valence-corrected chi connectivity index (χ2v) is 4.80. The molecule has 1 aromatic rings. The number of nitrogens with two attached hydrogens (primary N) is 1. The first-order chi connectivity index (χ1) is 7.48. The number of rotatable bonds is 5. The second kappa shape index (κ2) is 5.41. The molecule has 4 heteroatoms. The van der Waals surface area contributed by atoms with Crippen LogP contribution in [-0.2, 0) is 0 Å². The summed E-state index contributed by atoms with van der Waals surface area (Å²) in [7, 11) is 1.60. The van der Waals surface area contributed by atoms with Gasteiger partial charge in [0, 0.05) is 11.2 Å². The molecule has 16 heavy (non-hydrogen) atoms. The van der Waals surface area contributed by atoms with Crippen LogP contribution in [-0.4, -0.2) is 19.2 Å². The lowest BCUT2D eigenvalue weighted by atomic mass is 10.0. The fourth-order valence-electron chi connectivity index (χ4n) is 1.56. The third-order valence-electron chi connectivity index (χ3n) is 2.40. The van der Waals surface area contributed by atoms with Crippen LogP contribution >= 0.6 is 11.6 Å². The molecule has 0 aromatic heterocycles. The van der Waals surface area contributed by atoms with Gasteiger partial charge in [-0.15, -0.1) is 0 Å². The standard InChI is InChI=1S/C12H19ClN2O/c1-12(2,6-7-14)15-9-4-5-11(16-3)10(13)8-9/h4-5,8,15H,6-7,14H2,1-3H3. The summed E-state index contributed by atoms with van der Waals surface area (Å²) in [6, 6.07) is 5.66. The van der Waals surface area contributed by atoms with E-state index in [4.69, 9.17) is 22.1 Å². The van der Waals surface area contributed by atoms with Crippen molar-refractivity contribution in [3.05, 3.63) is 23.2 Å². The Morgan fingerprint density at radius 1 is 1.44 bits per heavy atom. The lowest BCUT2D eigenvalue weighted by molar-refractivity contribution is 0.415. The highest BCUT2D eigenvalue weighted by atomic mass is 35.5. The summed E-state index contributed by atoms with van der Waals surface area (Å²) >= 11 is 6.05. The van der Waals surface area contributed by atoms with E-state index >= 15 is 0 Å². The zero-order chi connectivity index (χ0) is 12.2. The van der Waals surface area contributed by atoms with Crippen LogP contribution in [0.15, 0.2) is 18.2 Å². The molecule has 3 nitrogen and oxygen atoms in total. The van der Waals surface area contributed by atoms with Crippen molar-refractivity contribution in [2.75, 3.05) is 19.0 Å².